The van der Waals surface area contributed by atoms with Crippen LogP contribution in [0.2, 0.25) is 0 Å². The third kappa shape index (κ3) is 3.91. The Morgan fingerprint density at radius 1 is 1.45 bits per heavy atom. The van der Waals surface area contributed by atoms with Crippen molar-refractivity contribution in [3.05, 3.63) is 5.89 Å². The fourth-order valence-electron chi connectivity index (χ4n) is 2.49. The number of morpholine rings is 1. The van der Waals surface area contributed by atoms with Crippen LogP contribution in [0, 0.1) is 0 Å². The molecule has 2 rings (SSSR count). The van der Waals surface area contributed by atoms with Gasteiger partial charge >= 0.3 is 0 Å². The average molecular weight is 284 g/mol. The highest BCUT2D eigenvalue weighted by Gasteiger charge is 2.34. The molecular weight excluding hydrogens is 260 g/mol. The van der Waals surface area contributed by atoms with Gasteiger partial charge in [-0.25, -0.2) is 0 Å². The zero-order chi connectivity index (χ0) is 14.8. The van der Waals surface area contributed by atoms with Crippen molar-refractivity contribution in [2.45, 2.75) is 32.1 Å². The molecule has 7 heteroatoms. The van der Waals surface area contributed by atoms with E-state index in [4.69, 9.17) is 14.0 Å². The van der Waals surface area contributed by atoms with Crippen molar-refractivity contribution < 1.29 is 14.0 Å². The van der Waals surface area contributed by atoms with Crippen LogP contribution >= 0.6 is 0 Å². The van der Waals surface area contributed by atoms with Gasteiger partial charge < -0.3 is 18.9 Å². The number of nitrogens with zero attached hydrogens (tertiary/aromatic N) is 4. The Labute approximate surface area is 119 Å². The fourth-order valence-corrected chi connectivity index (χ4v) is 2.49. The second kappa shape index (κ2) is 6.07. The summed E-state index contributed by atoms with van der Waals surface area (Å²) in [6.45, 7) is 7.02. The van der Waals surface area contributed by atoms with E-state index in [1.54, 1.807) is 7.11 Å². The molecule has 1 aliphatic heterocycles. The number of aromatic nitrogens is 2. The van der Waals surface area contributed by atoms with Gasteiger partial charge in [-0.05, 0) is 19.0 Å². The lowest BCUT2D eigenvalue weighted by molar-refractivity contribution is -0.155. The molecule has 0 N–H and O–H groups in total. The highest BCUT2D eigenvalue weighted by molar-refractivity contribution is 5.23. The van der Waals surface area contributed by atoms with Crippen LogP contribution in [0.25, 0.3) is 0 Å². The monoisotopic (exact) mass is 284 g/mol. The van der Waals surface area contributed by atoms with E-state index in [0.717, 1.165) is 13.1 Å². The highest BCUT2D eigenvalue weighted by atomic mass is 16.5. The third-order valence-electron chi connectivity index (χ3n) is 3.12. The number of anilines is 1. The molecule has 0 spiro atoms. The summed E-state index contributed by atoms with van der Waals surface area (Å²) in [6.07, 6.45) is 0.0694. The number of hydrogen-bond donors (Lipinski definition) is 0. The largest absolute Gasteiger partial charge is 0.382 e. The van der Waals surface area contributed by atoms with Gasteiger partial charge in [0, 0.05) is 34.3 Å². The Morgan fingerprint density at radius 2 is 2.20 bits per heavy atom. The van der Waals surface area contributed by atoms with Crippen LogP contribution in [0.3, 0.4) is 0 Å². The quantitative estimate of drug-likeness (QED) is 0.791. The van der Waals surface area contributed by atoms with E-state index < -0.39 is 0 Å². The molecule has 1 atom stereocenters. The summed E-state index contributed by atoms with van der Waals surface area (Å²) in [7, 11) is 5.47. The number of rotatable bonds is 5. The molecule has 0 aromatic carbocycles. The molecule has 0 amide bonds. The van der Waals surface area contributed by atoms with Crippen molar-refractivity contribution >= 4 is 5.95 Å². The molecule has 1 aromatic rings. The minimum Gasteiger partial charge on any atom is -0.382 e. The third-order valence-corrected chi connectivity index (χ3v) is 3.12. The summed E-state index contributed by atoms with van der Waals surface area (Å²) >= 11 is 0. The first kappa shape index (κ1) is 15.2. The van der Waals surface area contributed by atoms with Crippen LogP contribution in [0.4, 0.5) is 5.95 Å². The maximum atomic E-state index is 5.98. The van der Waals surface area contributed by atoms with Gasteiger partial charge in [-0.2, -0.15) is 4.98 Å². The van der Waals surface area contributed by atoms with Gasteiger partial charge in [-0.1, -0.05) is 0 Å². The van der Waals surface area contributed by atoms with Gasteiger partial charge in [0.25, 0.3) is 5.95 Å². The van der Waals surface area contributed by atoms with Crippen molar-refractivity contribution in [3.8, 4) is 0 Å². The van der Waals surface area contributed by atoms with Crippen molar-refractivity contribution in [3.63, 3.8) is 0 Å². The van der Waals surface area contributed by atoms with E-state index in [0.29, 0.717) is 25.0 Å². The van der Waals surface area contributed by atoms with E-state index in [2.05, 4.69) is 28.9 Å². The Bertz CT molecular complexity index is 433. The second-order valence-electron chi connectivity index (χ2n) is 6.01. The van der Waals surface area contributed by atoms with Gasteiger partial charge in [-0.3, -0.25) is 4.90 Å². The fraction of sp³-hybridized carbons (Fsp3) is 0.846. The van der Waals surface area contributed by atoms with Crippen LogP contribution in [0.5, 0.6) is 0 Å². The van der Waals surface area contributed by atoms with Gasteiger partial charge in [0.05, 0.1) is 24.9 Å². The molecule has 114 valence electrons. The van der Waals surface area contributed by atoms with Gasteiger partial charge in [0.15, 0.2) is 0 Å². The van der Waals surface area contributed by atoms with Crippen molar-refractivity contribution in [2.75, 3.05) is 45.8 Å². The second-order valence-corrected chi connectivity index (χ2v) is 6.01. The van der Waals surface area contributed by atoms with Gasteiger partial charge in [0.1, 0.15) is 0 Å². The van der Waals surface area contributed by atoms with Crippen molar-refractivity contribution in [1.29, 1.82) is 0 Å². The van der Waals surface area contributed by atoms with Gasteiger partial charge in [-0.15, -0.1) is 0 Å². The molecule has 0 radical (unpaired) electrons. The molecule has 0 saturated carbocycles. The lowest BCUT2D eigenvalue weighted by Crippen LogP contribution is -2.53. The molecule has 1 saturated heterocycles. The van der Waals surface area contributed by atoms with Crippen molar-refractivity contribution in [2.24, 2.45) is 0 Å². The standard InChI is InChI=1S/C13H24N4O3/c1-13(2)9-17(6-10(19-13)8-18-5)7-11-14-12(15-20-11)16(3)4/h10H,6-9H2,1-5H3. The first-order chi connectivity index (χ1) is 9.39. The van der Waals surface area contributed by atoms with Gasteiger partial charge in [0.2, 0.25) is 5.89 Å². The molecule has 1 fully saturated rings. The smallest absolute Gasteiger partial charge is 0.265 e. The zero-order valence-electron chi connectivity index (χ0n) is 12.9. The summed E-state index contributed by atoms with van der Waals surface area (Å²) < 4.78 is 16.5. The predicted molar refractivity (Wildman–Crippen MR) is 74.7 cm³/mol. The van der Waals surface area contributed by atoms with Crippen LogP contribution in [0.1, 0.15) is 19.7 Å². The Hall–Kier alpha value is -1.18. The van der Waals surface area contributed by atoms with Crippen LogP contribution < -0.4 is 4.90 Å². The van der Waals surface area contributed by atoms with E-state index >= 15 is 0 Å². The number of ether oxygens (including phenoxy) is 2. The molecule has 1 unspecified atom stereocenters. The normalized spacial score (nSPS) is 22.9. The van der Waals surface area contributed by atoms with Crippen molar-refractivity contribution in [1.82, 2.24) is 15.0 Å². The van der Waals surface area contributed by atoms with E-state index in [-0.39, 0.29) is 11.7 Å². The van der Waals surface area contributed by atoms with Crippen LogP contribution in [-0.4, -0.2) is 67.6 Å². The maximum absolute atomic E-state index is 5.98. The highest BCUT2D eigenvalue weighted by Crippen LogP contribution is 2.22. The summed E-state index contributed by atoms with van der Waals surface area (Å²) in [5.74, 6) is 1.23. The first-order valence-electron chi connectivity index (χ1n) is 6.78. The molecule has 0 aliphatic carbocycles. The minimum absolute atomic E-state index is 0.0694. The molecular formula is C13H24N4O3. The predicted octanol–water partition coefficient (Wildman–Crippen LogP) is 0.761. The molecule has 1 aliphatic rings. The lowest BCUT2D eigenvalue weighted by atomic mass is 10.1. The number of methoxy groups -OCH3 is 1. The molecule has 1 aromatic heterocycles. The minimum atomic E-state index is -0.203. The average Bonchev–Trinajstić information content (AvgIpc) is 2.75. The first-order valence-corrected chi connectivity index (χ1v) is 6.78. The SMILES string of the molecule is COCC1CN(Cc2nc(N(C)C)no2)CC(C)(C)O1. The van der Waals surface area contributed by atoms with E-state index in [9.17, 15) is 0 Å². The van der Waals surface area contributed by atoms with Crippen LogP contribution in [-0.2, 0) is 16.0 Å². The zero-order valence-corrected chi connectivity index (χ0v) is 12.9. The van der Waals surface area contributed by atoms with E-state index in [1.807, 2.05) is 19.0 Å². The summed E-state index contributed by atoms with van der Waals surface area (Å²) in [5.41, 5.74) is -0.203. The van der Waals surface area contributed by atoms with E-state index in [1.165, 1.54) is 0 Å². The summed E-state index contributed by atoms with van der Waals surface area (Å²) in [5, 5.41) is 3.93. The molecule has 20 heavy (non-hydrogen) atoms. The molecule has 2 heterocycles. The molecule has 0 bridgehead atoms. The maximum Gasteiger partial charge on any atom is 0.265 e. The summed E-state index contributed by atoms with van der Waals surface area (Å²) in [4.78, 5) is 8.44. The topological polar surface area (TPSA) is 63.9 Å². The lowest BCUT2D eigenvalue weighted by Gasteiger charge is -2.42. The summed E-state index contributed by atoms with van der Waals surface area (Å²) in [6, 6.07) is 0. The molecule has 7 nitrogen and oxygen atoms in total. The Kier molecular flexibility index (Phi) is 4.62. The Morgan fingerprint density at radius 3 is 2.80 bits per heavy atom. The van der Waals surface area contributed by atoms with Crippen LogP contribution in [0.15, 0.2) is 4.52 Å². The Balaban J connectivity index is 1.99. The number of hydrogen-bond acceptors (Lipinski definition) is 7.